The lowest BCUT2D eigenvalue weighted by atomic mass is 10.1. The van der Waals surface area contributed by atoms with Crippen LogP contribution in [0.15, 0.2) is 36.9 Å². The molecule has 1 heterocycles. The third-order valence-electron chi connectivity index (χ3n) is 3.54. The van der Waals surface area contributed by atoms with E-state index in [1.807, 2.05) is 30.3 Å². The van der Waals surface area contributed by atoms with Crippen LogP contribution in [0.25, 0.3) is 5.57 Å². The Morgan fingerprint density at radius 1 is 1.23 bits per heavy atom. The minimum absolute atomic E-state index is 0.0684. The highest BCUT2D eigenvalue weighted by atomic mass is 32.2. The summed E-state index contributed by atoms with van der Waals surface area (Å²) in [7, 11) is -6.66. The van der Waals surface area contributed by atoms with Crippen LogP contribution in [0.3, 0.4) is 0 Å². The Hall–Kier alpha value is -1.22. The fourth-order valence-corrected chi connectivity index (χ4v) is 4.55. The van der Waals surface area contributed by atoms with Gasteiger partial charge in [-0.2, -0.15) is 0 Å². The van der Waals surface area contributed by atoms with Gasteiger partial charge >= 0.3 is 0 Å². The van der Waals surface area contributed by atoms with E-state index >= 15 is 0 Å². The molecule has 1 aromatic carbocycles. The number of sulfonamides is 2. The summed E-state index contributed by atoms with van der Waals surface area (Å²) < 4.78 is 50.3. The average molecular weight is 344 g/mol. The zero-order chi connectivity index (χ0) is 16.4. The van der Waals surface area contributed by atoms with E-state index in [2.05, 4.69) is 11.3 Å². The van der Waals surface area contributed by atoms with E-state index in [1.165, 1.54) is 4.31 Å². The maximum absolute atomic E-state index is 12.0. The third kappa shape index (κ3) is 4.64. The quantitative estimate of drug-likeness (QED) is 0.781. The number of hydrogen-bond acceptors (Lipinski definition) is 4. The van der Waals surface area contributed by atoms with Crippen LogP contribution in [0, 0.1) is 5.92 Å². The molecule has 0 amide bonds. The van der Waals surface area contributed by atoms with Gasteiger partial charge in [0.15, 0.2) is 0 Å². The molecule has 122 valence electrons. The van der Waals surface area contributed by atoms with Gasteiger partial charge in [-0.1, -0.05) is 36.9 Å². The van der Waals surface area contributed by atoms with Crippen molar-refractivity contribution < 1.29 is 16.8 Å². The van der Waals surface area contributed by atoms with E-state index in [0.29, 0.717) is 5.57 Å². The van der Waals surface area contributed by atoms with E-state index < -0.39 is 20.0 Å². The van der Waals surface area contributed by atoms with Crippen LogP contribution < -0.4 is 4.72 Å². The fraction of sp³-hybridized carbons (Fsp3) is 0.429. The van der Waals surface area contributed by atoms with Gasteiger partial charge < -0.3 is 0 Å². The predicted octanol–water partition coefficient (Wildman–Crippen LogP) is 0.511. The van der Waals surface area contributed by atoms with Crippen molar-refractivity contribution >= 4 is 25.6 Å². The van der Waals surface area contributed by atoms with E-state index in [4.69, 9.17) is 0 Å². The van der Waals surface area contributed by atoms with Crippen LogP contribution in [0.4, 0.5) is 0 Å². The first-order valence-corrected chi connectivity index (χ1v) is 10.3. The van der Waals surface area contributed by atoms with Crippen LogP contribution in [0.5, 0.6) is 0 Å². The molecule has 1 aromatic rings. The van der Waals surface area contributed by atoms with Crippen LogP contribution in [0.1, 0.15) is 5.56 Å². The molecule has 6 nitrogen and oxygen atoms in total. The first-order chi connectivity index (χ1) is 10.2. The summed E-state index contributed by atoms with van der Waals surface area (Å²) >= 11 is 0. The molecule has 0 aromatic heterocycles. The first-order valence-electron chi connectivity index (χ1n) is 6.83. The van der Waals surface area contributed by atoms with Gasteiger partial charge in [0.2, 0.25) is 20.0 Å². The molecular weight excluding hydrogens is 324 g/mol. The van der Waals surface area contributed by atoms with Crippen LogP contribution in [0.2, 0.25) is 0 Å². The van der Waals surface area contributed by atoms with Gasteiger partial charge in [-0.3, -0.25) is 0 Å². The highest BCUT2D eigenvalue weighted by Crippen LogP contribution is 2.20. The summed E-state index contributed by atoms with van der Waals surface area (Å²) in [4.78, 5) is 0. The molecule has 0 aliphatic carbocycles. The highest BCUT2D eigenvalue weighted by molar-refractivity contribution is 7.89. The minimum Gasteiger partial charge on any atom is -0.213 e. The van der Waals surface area contributed by atoms with E-state index in [-0.39, 0.29) is 31.3 Å². The Bertz CT molecular complexity index is 736. The molecule has 22 heavy (non-hydrogen) atoms. The zero-order valence-electron chi connectivity index (χ0n) is 12.4. The average Bonchev–Trinajstić information content (AvgIpc) is 2.39. The molecule has 0 radical (unpaired) electrons. The zero-order valence-corrected chi connectivity index (χ0v) is 14.0. The van der Waals surface area contributed by atoms with Crippen LogP contribution >= 0.6 is 0 Å². The Balaban J connectivity index is 1.82. The summed E-state index contributed by atoms with van der Waals surface area (Å²) in [5.41, 5.74) is 1.58. The molecule has 2 rings (SSSR count). The molecule has 1 N–H and O–H groups in total. The molecule has 0 unspecified atom stereocenters. The Morgan fingerprint density at radius 3 is 2.36 bits per heavy atom. The molecule has 0 spiro atoms. The van der Waals surface area contributed by atoms with Crippen molar-refractivity contribution in [2.45, 2.75) is 0 Å². The highest BCUT2D eigenvalue weighted by Gasteiger charge is 2.35. The molecule has 0 atom stereocenters. The van der Waals surface area contributed by atoms with E-state index in [0.717, 1.165) is 11.8 Å². The van der Waals surface area contributed by atoms with Gasteiger partial charge in [-0.05, 0) is 11.1 Å². The first kappa shape index (κ1) is 17.1. The van der Waals surface area contributed by atoms with Crippen molar-refractivity contribution in [3.8, 4) is 0 Å². The van der Waals surface area contributed by atoms with Crippen molar-refractivity contribution in [2.24, 2.45) is 5.92 Å². The number of hydrogen-bond donors (Lipinski definition) is 1. The van der Waals surface area contributed by atoms with Crippen LogP contribution in [-0.2, 0) is 20.0 Å². The van der Waals surface area contributed by atoms with E-state index in [1.54, 1.807) is 0 Å². The van der Waals surface area contributed by atoms with Crippen molar-refractivity contribution in [1.29, 1.82) is 0 Å². The maximum atomic E-state index is 12.0. The molecule has 0 bridgehead atoms. The molecule has 1 fully saturated rings. The van der Waals surface area contributed by atoms with E-state index in [9.17, 15) is 16.8 Å². The molecule has 0 saturated carbocycles. The molecular formula is C14H20N2O4S2. The van der Waals surface area contributed by atoms with Gasteiger partial charge in [0.1, 0.15) is 0 Å². The number of benzene rings is 1. The Labute approximate surface area is 131 Å². The number of nitrogens with one attached hydrogen (secondary N) is 1. The van der Waals surface area contributed by atoms with Gasteiger partial charge in [0, 0.05) is 25.6 Å². The maximum Gasteiger partial charge on any atom is 0.212 e. The molecule has 1 aliphatic heterocycles. The van der Waals surface area contributed by atoms with Crippen molar-refractivity contribution in [1.82, 2.24) is 9.03 Å². The van der Waals surface area contributed by atoms with Crippen molar-refractivity contribution in [2.75, 3.05) is 31.6 Å². The Morgan fingerprint density at radius 2 is 1.82 bits per heavy atom. The standard InChI is InChI=1S/C14H20N2O4S2/c1-12(14-6-4-3-5-7-14)8-15-22(19,20)11-13-9-16(10-13)21(2,17)18/h3-7,13,15H,1,8-11H2,2H3. The Kier molecular flexibility index (Phi) is 5.06. The second kappa shape index (κ2) is 6.49. The molecule has 1 saturated heterocycles. The second-order valence-corrected chi connectivity index (χ2v) is 9.35. The topological polar surface area (TPSA) is 83.6 Å². The minimum atomic E-state index is -3.45. The monoisotopic (exact) mass is 344 g/mol. The fourth-order valence-electron chi connectivity index (χ4n) is 2.24. The summed E-state index contributed by atoms with van der Waals surface area (Å²) in [6, 6.07) is 9.34. The lowest BCUT2D eigenvalue weighted by Crippen LogP contribution is -2.52. The third-order valence-corrected chi connectivity index (χ3v) is 6.27. The lowest BCUT2D eigenvalue weighted by Gasteiger charge is -2.36. The smallest absolute Gasteiger partial charge is 0.212 e. The van der Waals surface area contributed by atoms with Crippen molar-refractivity contribution in [3.05, 3.63) is 42.5 Å². The van der Waals surface area contributed by atoms with Crippen LogP contribution in [-0.4, -0.2) is 52.8 Å². The summed E-state index contributed by atoms with van der Waals surface area (Å²) in [6.07, 6.45) is 1.12. The van der Waals surface area contributed by atoms with Gasteiger partial charge in [-0.15, -0.1) is 0 Å². The molecule has 8 heteroatoms. The predicted molar refractivity (Wildman–Crippen MR) is 87.2 cm³/mol. The lowest BCUT2D eigenvalue weighted by molar-refractivity contribution is 0.221. The molecule has 1 aliphatic rings. The normalized spacial score (nSPS) is 17.1. The second-order valence-electron chi connectivity index (χ2n) is 5.52. The number of rotatable bonds is 7. The number of nitrogens with zero attached hydrogens (tertiary/aromatic N) is 1. The largest absolute Gasteiger partial charge is 0.213 e. The SMILES string of the molecule is C=C(CNS(=O)(=O)CC1CN(S(C)(=O)=O)C1)c1ccccc1. The van der Waals surface area contributed by atoms with Gasteiger partial charge in [0.25, 0.3) is 0 Å². The van der Waals surface area contributed by atoms with Gasteiger partial charge in [-0.25, -0.2) is 25.9 Å². The summed E-state index contributed by atoms with van der Waals surface area (Å²) in [5.74, 6) is -0.224. The van der Waals surface area contributed by atoms with Crippen molar-refractivity contribution in [3.63, 3.8) is 0 Å². The summed E-state index contributed by atoms with van der Waals surface area (Å²) in [5, 5.41) is 0. The summed E-state index contributed by atoms with van der Waals surface area (Å²) in [6.45, 7) is 4.55. The van der Waals surface area contributed by atoms with Gasteiger partial charge in [0.05, 0.1) is 12.0 Å².